The van der Waals surface area contributed by atoms with Crippen LogP contribution < -0.4 is 10.1 Å². The number of carboxylic acid groups (broad SMARTS) is 1. The van der Waals surface area contributed by atoms with Crippen molar-refractivity contribution in [2.45, 2.75) is 55.3 Å². The monoisotopic (exact) mass is 522 g/mol. The maximum Gasteiger partial charge on any atom is 0.337 e. The highest BCUT2D eigenvalue weighted by Crippen LogP contribution is 2.65. The second kappa shape index (κ2) is 7.77. The van der Waals surface area contributed by atoms with Crippen molar-refractivity contribution in [1.29, 1.82) is 0 Å². The molecule has 3 aliphatic carbocycles. The standard InChI is InChI=1S/C28H27FN2O7/c29-15-4-5-18(16(10-15)26(35)36)30-25(34)17-11-28(37)20-9-14-3-6-19(32)23-21(14)27(28,24(38-23)22(17)33)7-8-31(20)12-13-1-2-13/h3-6,10,13,17,20,24,32,37H,1-2,7-9,11-12H2,(H,30,34)(H,35,36)/t17?,20-,24+,27+,28-/m1/s1. The van der Waals surface area contributed by atoms with Crippen LogP contribution in [-0.4, -0.2) is 68.7 Å². The third-order valence-corrected chi connectivity index (χ3v) is 9.42. The van der Waals surface area contributed by atoms with Gasteiger partial charge in [0, 0.05) is 18.2 Å². The Morgan fingerprint density at radius 3 is 2.74 bits per heavy atom. The van der Waals surface area contributed by atoms with Gasteiger partial charge in [0.05, 0.1) is 22.3 Å². The SMILES string of the molecule is O=C(O)c1cc(F)ccc1NC(=O)C1C[C@@]2(O)[C@H]3Cc4ccc(O)c5c4[C@@]2(CCN3CC2CC2)[C@@H](O5)C1=O. The first-order valence-corrected chi connectivity index (χ1v) is 13.0. The number of piperidine rings is 1. The Hall–Kier alpha value is -3.50. The van der Waals surface area contributed by atoms with Crippen LogP contribution in [0.3, 0.4) is 0 Å². The fraction of sp³-hybridized carbons (Fsp3) is 0.464. The van der Waals surface area contributed by atoms with Crippen molar-refractivity contribution in [2.75, 3.05) is 18.4 Å². The van der Waals surface area contributed by atoms with Gasteiger partial charge in [0.1, 0.15) is 11.7 Å². The number of ketones is 1. The highest BCUT2D eigenvalue weighted by Gasteiger charge is 2.75. The first-order valence-electron chi connectivity index (χ1n) is 13.0. The second-order valence-corrected chi connectivity index (χ2v) is 11.4. The molecule has 4 N–H and O–H groups in total. The molecule has 2 aliphatic heterocycles. The van der Waals surface area contributed by atoms with Crippen LogP contribution in [0, 0.1) is 17.7 Å². The molecule has 2 heterocycles. The number of amides is 1. The van der Waals surface area contributed by atoms with E-state index < -0.39 is 52.1 Å². The molecule has 2 aromatic rings. The minimum Gasteiger partial charge on any atom is -0.504 e. The van der Waals surface area contributed by atoms with Gasteiger partial charge in [-0.1, -0.05) is 6.07 Å². The van der Waals surface area contributed by atoms with Crippen LogP contribution in [0.4, 0.5) is 10.1 Å². The molecule has 10 heteroatoms. The molecule has 198 valence electrons. The molecule has 2 bridgehead atoms. The zero-order valence-electron chi connectivity index (χ0n) is 20.4. The lowest BCUT2D eigenvalue weighted by Gasteiger charge is -2.63. The number of phenolic OH excluding ortho intramolecular Hbond substituents is 1. The minimum absolute atomic E-state index is 0.111. The van der Waals surface area contributed by atoms with E-state index in [0.29, 0.717) is 30.9 Å². The number of ether oxygens (including phenoxy) is 1. The van der Waals surface area contributed by atoms with Gasteiger partial charge in [-0.05, 0) is 74.4 Å². The van der Waals surface area contributed by atoms with Crippen LogP contribution in [-0.2, 0) is 21.4 Å². The van der Waals surface area contributed by atoms with Gasteiger partial charge in [-0.25, -0.2) is 9.18 Å². The fourth-order valence-electron chi connectivity index (χ4n) is 7.55. The number of aromatic hydroxyl groups is 1. The summed E-state index contributed by atoms with van der Waals surface area (Å²) in [6.45, 7) is 1.50. The van der Waals surface area contributed by atoms with E-state index in [9.17, 15) is 34.1 Å². The highest BCUT2D eigenvalue weighted by atomic mass is 19.1. The van der Waals surface area contributed by atoms with E-state index in [1.165, 1.54) is 0 Å². The van der Waals surface area contributed by atoms with Crippen LogP contribution in [0.5, 0.6) is 11.5 Å². The number of nitrogens with one attached hydrogen (secondary N) is 1. The molecule has 5 atom stereocenters. The number of halogens is 1. The number of hydrogen-bond acceptors (Lipinski definition) is 7. The average Bonchev–Trinajstić information content (AvgIpc) is 3.62. The van der Waals surface area contributed by atoms with Crippen LogP contribution in [0.15, 0.2) is 30.3 Å². The Morgan fingerprint density at radius 1 is 1.21 bits per heavy atom. The number of carbonyl (C=O) groups excluding carboxylic acids is 2. The van der Waals surface area contributed by atoms with E-state index in [2.05, 4.69) is 10.2 Å². The van der Waals surface area contributed by atoms with E-state index in [-0.39, 0.29) is 29.6 Å². The number of aromatic carboxylic acids is 1. The van der Waals surface area contributed by atoms with E-state index in [0.717, 1.165) is 43.1 Å². The Bertz CT molecular complexity index is 1420. The number of rotatable bonds is 5. The van der Waals surface area contributed by atoms with Crippen LogP contribution in [0.2, 0.25) is 0 Å². The Balaban J connectivity index is 1.30. The van der Waals surface area contributed by atoms with Crippen molar-refractivity contribution >= 4 is 23.3 Å². The summed E-state index contributed by atoms with van der Waals surface area (Å²) < 4.78 is 19.8. The molecular weight excluding hydrogens is 495 g/mol. The molecule has 2 saturated carbocycles. The Morgan fingerprint density at radius 2 is 2.00 bits per heavy atom. The molecule has 0 radical (unpaired) electrons. The third-order valence-electron chi connectivity index (χ3n) is 9.42. The molecule has 1 spiro atoms. The summed E-state index contributed by atoms with van der Waals surface area (Å²) in [5.74, 6) is -4.19. The fourth-order valence-corrected chi connectivity index (χ4v) is 7.55. The van der Waals surface area contributed by atoms with Crippen LogP contribution in [0.1, 0.15) is 47.2 Å². The van der Waals surface area contributed by atoms with E-state index in [1.807, 2.05) is 6.07 Å². The maximum absolute atomic E-state index is 13.9. The van der Waals surface area contributed by atoms with Crippen molar-refractivity contribution < 1.29 is 38.8 Å². The number of aliphatic hydroxyl groups is 1. The van der Waals surface area contributed by atoms with Gasteiger partial charge in [0.2, 0.25) is 5.91 Å². The topological polar surface area (TPSA) is 136 Å². The van der Waals surface area contributed by atoms with Crippen molar-refractivity contribution in [3.05, 3.63) is 52.8 Å². The Kier molecular flexibility index (Phi) is 4.82. The van der Waals surface area contributed by atoms with Gasteiger partial charge in [-0.3, -0.25) is 14.5 Å². The predicted octanol–water partition coefficient (Wildman–Crippen LogP) is 2.23. The number of anilines is 1. The van der Waals surface area contributed by atoms with Crippen molar-refractivity contribution in [1.82, 2.24) is 4.90 Å². The van der Waals surface area contributed by atoms with Crippen LogP contribution in [0.25, 0.3) is 0 Å². The number of carbonyl (C=O) groups is 3. The summed E-state index contributed by atoms with van der Waals surface area (Å²) in [6.07, 6.45) is 1.88. The number of likely N-dealkylation sites (tertiary alicyclic amines) is 1. The molecule has 9 nitrogen and oxygen atoms in total. The smallest absolute Gasteiger partial charge is 0.337 e. The number of hydrogen-bond donors (Lipinski definition) is 4. The van der Waals surface area contributed by atoms with Crippen molar-refractivity contribution in [3.63, 3.8) is 0 Å². The first kappa shape index (κ1) is 23.6. The van der Waals surface area contributed by atoms with Gasteiger partial charge in [-0.2, -0.15) is 0 Å². The normalized spacial score (nSPS) is 32.9. The first-order chi connectivity index (χ1) is 18.1. The molecule has 1 amide bonds. The van der Waals surface area contributed by atoms with E-state index in [1.54, 1.807) is 6.07 Å². The number of benzene rings is 2. The summed E-state index contributed by atoms with van der Waals surface area (Å²) in [7, 11) is 0. The average molecular weight is 523 g/mol. The molecule has 1 unspecified atom stereocenters. The maximum atomic E-state index is 13.9. The van der Waals surface area contributed by atoms with Crippen molar-refractivity contribution in [3.8, 4) is 11.5 Å². The molecule has 5 aliphatic rings. The molecule has 38 heavy (non-hydrogen) atoms. The quantitative estimate of drug-likeness (QED) is 0.439. The summed E-state index contributed by atoms with van der Waals surface area (Å²) >= 11 is 0. The molecule has 0 aromatic heterocycles. The molecule has 1 saturated heterocycles. The lowest BCUT2D eigenvalue weighted by Crippen LogP contribution is -2.78. The van der Waals surface area contributed by atoms with Gasteiger partial charge < -0.3 is 25.4 Å². The summed E-state index contributed by atoms with van der Waals surface area (Å²) in [6, 6.07) is 5.99. The van der Waals surface area contributed by atoms with E-state index >= 15 is 0 Å². The summed E-state index contributed by atoms with van der Waals surface area (Å²) in [5, 5.41) is 35.2. The lowest BCUT2D eigenvalue weighted by molar-refractivity contribution is -0.197. The van der Waals surface area contributed by atoms with E-state index in [4.69, 9.17) is 4.74 Å². The lowest BCUT2D eigenvalue weighted by atomic mass is 9.47. The third kappa shape index (κ3) is 3.01. The predicted molar refractivity (Wildman–Crippen MR) is 131 cm³/mol. The summed E-state index contributed by atoms with van der Waals surface area (Å²) in [5.41, 5.74) is -1.56. The second-order valence-electron chi connectivity index (χ2n) is 11.4. The largest absolute Gasteiger partial charge is 0.504 e. The highest BCUT2D eigenvalue weighted by molar-refractivity contribution is 6.12. The number of nitrogens with zero attached hydrogens (tertiary/aromatic N) is 1. The molecule has 2 aromatic carbocycles. The van der Waals surface area contributed by atoms with Gasteiger partial charge in [0.25, 0.3) is 0 Å². The summed E-state index contributed by atoms with van der Waals surface area (Å²) in [4.78, 5) is 41.4. The zero-order valence-corrected chi connectivity index (χ0v) is 20.4. The van der Waals surface area contributed by atoms with Gasteiger partial charge in [0.15, 0.2) is 23.4 Å². The van der Waals surface area contributed by atoms with Gasteiger partial charge >= 0.3 is 5.97 Å². The molecular formula is C28H27FN2O7. The van der Waals surface area contributed by atoms with Gasteiger partial charge in [-0.15, -0.1) is 0 Å². The minimum atomic E-state index is -1.49. The number of carboxylic acids is 1. The number of Topliss-reactive ketones (excluding diaryl/α,β-unsaturated/α-hetero) is 1. The van der Waals surface area contributed by atoms with Crippen molar-refractivity contribution in [2.24, 2.45) is 11.8 Å². The zero-order chi connectivity index (χ0) is 26.6. The van der Waals surface area contributed by atoms with Crippen LogP contribution >= 0.6 is 0 Å². The molecule has 3 fully saturated rings. The number of phenols is 1. The molecule has 7 rings (SSSR count). The Labute approximate surface area is 217 Å².